The average molecular weight is 152 g/mol. The molecule has 0 spiro atoms. The summed E-state index contributed by atoms with van der Waals surface area (Å²) in [4.78, 5) is 2.15. The summed E-state index contributed by atoms with van der Waals surface area (Å²) in [6, 6.07) is 2.12. The summed E-state index contributed by atoms with van der Waals surface area (Å²) >= 11 is 0. The highest BCUT2D eigenvalue weighted by Crippen LogP contribution is 1.97. The minimum Gasteiger partial charge on any atom is -0.305 e. The Morgan fingerprint density at radius 3 is 2.64 bits per heavy atom. The number of nitriles is 1. The van der Waals surface area contributed by atoms with Crippen LogP contribution in [-0.2, 0) is 0 Å². The standard InChI is InChI=1S/C9H16N2/c1-9(2)5-8-11(3)7-4-6-10/h1,4-5,7-8H2,2-3H3. The number of hydrogen-bond acceptors (Lipinski definition) is 2. The van der Waals surface area contributed by atoms with Gasteiger partial charge in [-0.3, -0.25) is 0 Å². The molecule has 0 bridgehead atoms. The lowest BCUT2D eigenvalue weighted by molar-refractivity contribution is 0.346. The van der Waals surface area contributed by atoms with Crippen LogP contribution >= 0.6 is 0 Å². The summed E-state index contributed by atoms with van der Waals surface area (Å²) in [6.45, 7) is 7.72. The van der Waals surface area contributed by atoms with Gasteiger partial charge in [-0.1, -0.05) is 5.57 Å². The van der Waals surface area contributed by atoms with E-state index in [1.54, 1.807) is 0 Å². The first-order valence-corrected chi connectivity index (χ1v) is 3.86. The Hall–Kier alpha value is -0.810. The van der Waals surface area contributed by atoms with Gasteiger partial charge in [0.05, 0.1) is 6.07 Å². The summed E-state index contributed by atoms with van der Waals surface area (Å²) in [7, 11) is 2.03. The van der Waals surface area contributed by atoms with E-state index < -0.39 is 0 Å². The van der Waals surface area contributed by atoms with Crippen molar-refractivity contribution >= 4 is 0 Å². The van der Waals surface area contributed by atoms with Crippen LogP contribution < -0.4 is 0 Å². The van der Waals surface area contributed by atoms with Gasteiger partial charge in [-0.25, -0.2) is 0 Å². The predicted molar refractivity (Wildman–Crippen MR) is 47.2 cm³/mol. The first kappa shape index (κ1) is 10.2. The molecule has 0 aliphatic rings. The van der Waals surface area contributed by atoms with Gasteiger partial charge in [-0.05, 0) is 20.4 Å². The van der Waals surface area contributed by atoms with Crippen molar-refractivity contribution in [3.63, 3.8) is 0 Å². The monoisotopic (exact) mass is 152 g/mol. The van der Waals surface area contributed by atoms with Crippen molar-refractivity contribution in [3.05, 3.63) is 12.2 Å². The van der Waals surface area contributed by atoms with E-state index in [0.717, 1.165) is 19.5 Å². The maximum Gasteiger partial charge on any atom is 0.0635 e. The van der Waals surface area contributed by atoms with Gasteiger partial charge < -0.3 is 4.90 Å². The van der Waals surface area contributed by atoms with Gasteiger partial charge in [0.25, 0.3) is 0 Å². The Kier molecular flexibility index (Phi) is 5.50. The second kappa shape index (κ2) is 5.94. The van der Waals surface area contributed by atoms with Crippen molar-refractivity contribution < 1.29 is 0 Å². The van der Waals surface area contributed by atoms with E-state index in [9.17, 15) is 0 Å². The molecule has 0 heterocycles. The van der Waals surface area contributed by atoms with Crippen LogP contribution in [0.3, 0.4) is 0 Å². The summed E-state index contributed by atoms with van der Waals surface area (Å²) in [5.41, 5.74) is 1.20. The molecule has 2 nitrogen and oxygen atoms in total. The SMILES string of the molecule is C=C(C)CCN(C)CCC#N. The van der Waals surface area contributed by atoms with E-state index in [-0.39, 0.29) is 0 Å². The maximum atomic E-state index is 8.30. The minimum absolute atomic E-state index is 0.618. The van der Waals surface area contributed by atoms with Gasteiger partial charge in [-0.2, -0.15) is 5.26 Å². The molecule has 0 aliphatic carbocycles. The average Bonchev–Trinajstić information content (AvgIpc) is 1.97. The van der Waals surface area contributed by atoms with E-state index in [0.29, 0.717) is 6.42 Å². The zero-order valence-electron chi connectivity index (χ0n) is 7.43. The molecule has 0 aromatic heterocycles. The van der Waals surface area contributed by atoms with Crippen LogP contribution in [0, 0.1) is 11.3 Å². The molecule has 62 valence electrons. The molecular formula is C9H16N2. The van der Waals surface area contributed by atoms with Gasteiger partial charge in [0.2, 0.25) is 0 Å². The van der Waals surface area contributed by atoms with Crippen molar-refractivity contribution in [2.24, 2.45) is 0 Å². The Balaban J connectivity index is 3.31. The van der Waals surface area contributed by atoms with Gasteiger partial charge in [0.1, 0.15) is 0 Å². The van der Waals surface area contributed by atoms with Crippen LogP contribution in [-0.4, -0.2) is 25.0 Å². The van der Waals surface area contributed by atoms with Crippen LogP contribution in [0.25, 0.3) is 0 Å². The summed E-state index contributed by atoms with van der Waals surface area (Å²) in [6.07, 6.45) is 1.65. The molecule has 0 saturated carbocycles. The van der Waals surface area contributed by atoms with Crippen LogP contribution in [0.5, 0.6) is 0 Å². The number of hydrogen-bond donors (Lipinski definition) is 0. The van der Waals surface area contributed by atoms with E-state index in [4.69, 9.17) is 5.26 Å². The van der Waals surface area contributed by atoms with Gasteiger partial charge in [0, 0.05) is 19.5 Å². The number of rotatable bonds is 5. The van der Waals surface area contributed by atoms with Crippen molar-refractivity contribution in [1.82, 2.24) is 4.90 Å². The summed E-state index contributed by atoms with van der Waals surface area (Å²) in [5.74, 6) is 0. The molecule has 0 aliphatic heterocycles. The fourth-order valence-corrected chi connectivity index (χ4v) is 0.734. The zero-order chi connectivity index (χ0) is 8.69. The summed E-state index contributed by atoms with van der Waals surface area (Å²) < 4.78 is 0. The largest absolute Gasteiger partial charge is 0.305 e. The lowest BCUT2D eigenvalue weighted by atomic mass is 10.2. The molecule has 0 fully saturated rings. The lowest BCUT2D eigenvalue weighted by Crippen LogP contribution is -2.20. The third kappa shape index (κ3) is 7.08. The minimum atomic E-state index is 0.618. The molecule has 0 atom stereocenters. The van der Waals surface area contributed by atoms with Crippen LogP contribution in [0.15, 0.2) is 12.2 Å². The maximum absolute atomic E-state index is 8.30. The third-order valence-electron chi connectivity index (χ3n) is 1.53. The van der Waals surface area contributed by atoms with Gasteiger partial charge in [0.15, 0.2) is 0 Å². The molecule has 11 heavy (non-hydrogen) atoms. The molecule has 0 amide bonds. The fraction of sp³-hybridized carbons (Fsp3) is 0.667. The van der Waals surface area contributed by atoms with Crippen molar-refractivity contribution in [2.75, 3.05) is 20.1 Å². The quantitative estimate of drug-likeness (QED) is 0.562. The fourth-order valence-electron chi connectivity index (χ4n) is 0.734. The van der Waals surface area contributed by atoms with Crippen LogP contribution in [0.1, 0.15) is 19.8 Å². The molecule has 0 unspecified atom stereocenters. The molecule has 0 radical (unpaired) electrons. The van der Waals surface area contributed by atoms with Crippen LogP contribution in [0.2, 0.25) is 0 Å². The van der Waals surface area contributed by atoms with E-state index >= 15 is 0 Å². The first-order chi connectivity index (χ1) is 5.16. The van der Waals surface area contributed by atoms with Crippen molar-refractivity contribution in [2.45, 2.75) is 19.8 Å². The summed E-state index contributed by atoms with van der Waals surface area (Å²) in [5, 5.41) is 8.30. The second-order valence-electron chi connectivity index (χ2n) is 2.92. The first-order valence-electron chi connectivity index (χ1n) is 3.86. The van der Waals surface area contributed by atoms with E-state index in [1.807, 2.05) is 14.0 Å². The normalized spacial score (nSPS) is 9.64. The Labute approximate surface area is 69.1 Å². The predicted octanol–water partition coefficient (Wildman–Crippen LogP) is 1.80. The highest BCUT2D eigenvalue weighted by molar-refractivity contribution is 4.88. The van der Waals surface area contributed by atoms with Gasteiger partial charge >= 0.3 is 0 Å². The molecular weight excluding hydrogens is 136 g/mol. The highest BCUT2D eigenvalue weighted by Gasteiger charge is 1.96. The molecule has 0 aromatic carbocycles. The Bertz CT molecular complexity index is 155. The molecule has 2 heteroatoms. The Morgan fingerprint density at radius 2 is 2.18 bits per heavy atom. The van der Waals surface area contributed by atoms with Crippen molar-refractivity contribution in [1.29, 1.82) is 5.26 Å². The number of nitrogens with zero attached hydrogens (tertiary/aromatic N) is 2. The van der Waals surface area contributed by atoms with Crippen molar-refractivity contribution in [3.8, 4) is 6.07 Å². The van der Waals surface area contributed by atoms with E-state index in [1.165, 1.54) is 5.57 Å². The lowest BCUT2D eigenvalue weighted by Gasteiger charge is -2.13. The van der Waals surface area contributed by atoms with Crippen LogP contribution in [0.4, 0.5) is 0 Å². The molecule has 0 N–H and O–H groups in total. The smallest absolute Gasteiger partial charge is 0.0635 e. The van der Waals surface area contributed by atoms with E-state index in [2.05, 4.69) is 17.5 Å². The third-order valence-corrected chi connectivity index (χ3v) is 1.53. The highest BCUT2D eigenvalue weighted by atomic mass is 15.1. The topological polar surface area (TPSA) is 27.0 Å². The molecule has 0 saturated heterocycles. The zero-order valence-corrected chi connectivity index (χ0v) is 7.43. The molecule has 0 aromatic rings. The second-order valence-corrected chi connectivity index (χ2v) is 2.92. The Morgan fingerprint density at radius 1 is 1.55 bits per heavy atom. The van der Waals surface area contributed by atoms with Gasteiger partial charge in [-0.15, -0.1) is 6.58 Å². The molecule has 0 rings (SSSR count).